The SMILES string of the molecule is CCCN(C)c1nc(-c2ccccc2)nc2c1CN(C(=O)C[C@H](C)CC(C)(C)C)CC2. The standard InChI is InChI=1S/C26H38N4O/c1-7-14-29(6)25-21-18-30(23(31)16-19(2)17-26(3,4)5)15-13-22(21)27-24(28-25)20-11-9-8-10-12-20/h8-12,19H,7,13-18H2,1-6H3/t19-/m0/s1. The van der Waals surface area contributed by atoms with Gasteiger partial charge in [-0.25, -0.2) is 9.97 Å². The van der Waals surface area contributed by atoms with Crippen molar-refractivity contribution in [2.45, 2.75) is 66.8 Å². The summed E-state index contributed by atoms with van der Waals surface area (Å²) in [6, 6.07) is 10.2. The molecule has 1 aromatic carbocycles. The number of benzene rings is 1. The zero-order valence-corrected chi connectivity index (χ0v) is 20.1. The minimum Gasteiger partial charge on any atom is -0.359 e. The van der Waals surface area contributed by atoms with Crippen LogP contribution in [0.4, 0.5) is 5.82 Å². The van der Waals surface area contributed by atoms with Gasteiger partial charge in [-0.3, -0.25) is 4.79 Å². The highest BCUT2D eigenvalue weighted by Gasteiger charge is 2.28. The smallest absolute Gasteiger partial charge is 0.223 e. The summed E-state index contributed by atoms with van der Waals surface area (Å²) in [5.41, 5.74) is 3.47. The number of amides is 1. The first-order chi connectivity index (χ1) is 14.7. The highest BCUT2D eigenvalue weighted by atomic mass is 16.2. The van der Waals surface area contributed by atoms with Crippen molar-refractivity contribution in [1.82, 2.24) is 14.9 Å². The molecule has 0 radical (unpaired) electrons. The van der Waals surface area contributed by atoms with E-state index in [0.29, 0.717) is 18.9 Å². The lowest BCUT2D eigenvalue weighted by molar-refractivity contribution is -0.133. The summed E-state index contributed by atoms with van der Waals surface area (Å²) < 4.78 is 0. The van der Waals surface area contributed by atoms with Crippen molar-refractivity contribution in [2.24, 2.45) is 11.3 Å². The fraction of sp³-hybridized carbons (Fsp3) is 0.577. The van der Waals surface area contributed by atoms with Gasteiger partial charge in [-0.05, 0) is 24.2 Å². The maximum Gasteiger partial charge on any atom is 0.223 e. The normalized spacial score (nSPS) is 14.8. The van der Waals surface area contributed by atoms with Crippen LogP contribution in [0.25, 0.3) is 11.4 Å². The largest absolute Gasteiger partial charge is 0.359 e. The molecular weight excluding hydrogens is 384 g/mol. The van der Waals surface area contributed by atoms with Gasteiger partial charge in [-0.2, -0.15) is 0 Å². The van der Waals surface area contributed by atoms with Crippen LogP contribution in [0.5, 0.6) is 0 Å². The summed E-state index contributed by atoms with van der Waals surface area (Å²) in [4.78, 5) is 27.2. The van der Waals surface area contributed by atoms with E-state index in [1.165, 1.54) is 0 Å². The third kappa shape index (κ3) is 6.05. The van der Waals surface area contributed by atoms with E-state index < -0.39 is 0 Å². The first-order valence-corrected chi connectivity index (χ1v) is 11.6. The molecular formula is C26H38N4O. The molecule has 0 bridgehead atoms. The van der Waals surface area contributed by atoms with Gasteiger partial charge in [0, 0.05) is 44.1 Å². The van der Waals surface area contributed by atoms with Gasteiger partial charge in [0.1, 0.15) is 5.82 Å². The van der Waals surface area contributed by atoms with E-state index in [9.17, 15) is 4.79 Å². The Balaban J connectivity index is 1.85. The molecule has 3 rings (SSSR count). The minimum absolute atomic E-state index is 0.242. The second-order valence-electron chi connectivity index (χ2n) is 10.2. The lowest BCUT2D eigenvalue weighted by Gasteiger charge is -2.33. The van der Waals surface area contributed by atoms with Crippen LogP contribution in [0.15, 0.2) is 30.3 Å². The van der Waals surface area contributed by atoms with Crippen LogP contribution in [-0.2, 0) is 17.8 Å². The molecule has 1 atom stereocenters. The van der Waals surface area contributed by atoms with Gasteiger partial charge < -0.3 is 9.80 Å². The second-order valence-corrected chi connectivity index (χ2v) is 10.2. The van der Waals surface area contributed by atoms with Crippen molar-refractivity contribution in [3.05, 3.63) is 41.6 Å². The topological polar surface area (TPSA) is 49.3 Å². The Kier molecular flexibility index (Phi) is 7.34. The monoisotopic (exact) mass is 422 g/mol. The first kappa shape index (κ1) is 23.2. The maximum atomic E-state index is 13.1. The second kappa shape index (κ2) is 9.80. The van der Waals surface area contributed by atoms with Crippen LogP contribution in [-0.4, -0.2) is 40.9 Å². The van der Waals surface area contributed by atoms with E-state index in [1.54, 1.807) is 0 Å². The highest BCUT2D eigenvalue weighted by Crippen LogP contribution is 2.31. The van der Waals surface area contributed by atoms with Crippen molar-refractivity contribution < 1.29 is 4.79 Å². The number of aromatic nitrogens is 2. The predicted octanol–water partition coefficient (Wildman–Crippen LogP) is 5.34. The Bertz CT molecular complexity index is 888. The average molecular weight is 423 g/mol. The van der Waals surface area contributed by atoms with Gasteiger partial charge in [-0.15, -0.1) is 0 Å². The quantitative estimate of drug-likeness (QED) is 0.604. The number of carbonyl (C=O) groups is 1. The fourth-order valence-corrected chi connectivity index (χ4v) is 4.63. The molecule has 2 heterocycles. The van der Waals surface area contributed by atoms with E-state index in [0.717, 1.165) is 60.8 Å². The number of anilines is 1. The van der Waals surface area contributed by atoms with Crippen molar-refractivity contribution in [3.8, 4) is 11.4 Å². The van der Waals surface area contributed by atoms with Gasteiger partial charge in [0.05, 0.1) is 12.2 Å². The molecule has 5 heteroatoms. The summed E-state index contributed by atoms with van der Waals surface area (Å²) in [6.45, 7) is 13.3. The molecule has 0 N–H and O–H groups in total. The van der Waals surface area contributed by atoms with Gasteiger partial charge in [0.15, 0.2) is 5.82 Å². The molecule has 1 aliphatic rings. The summed E-state index contributed by atoms with van der Waals surface area (Å²) in [5, 5.41) is 0. The maximum absolute atomic E-state index is 13.1. The number of fused-ring (bicyclic) bond motifs is 1. The molecule has 0 spiro atoms. The Hall–Kier alpha value is -2.43. The molecule has 0 fully saturated rings. The molecule has 0 unspecified atom stereocenters. The summed E-state index contributed by atoms with van der Waals surface area (Å²) in [7, 11) is 2.09. The van der Waals surface area contributed by atoms with E-state index in [2.05, 4.69) is 58.7 Å². The molecule has 1 amide bonds. The predicted molar refractivity (Wildman–Crippen MR) is 128 cm³/mol. The van der Waals surface area contributed by atoms with Crippen LogP contribution in [0.2, 0.25) is 0 Å². The Morgan fingerprint density at radius 1 is 1.19 bits per heavy atom. The Morgan fingerprint density at radius 2 is 1.90 bits per heavy atom. The number of hydrogen-bond donors (Lipinski definition) is 0. The van der Waals surface area contributed by atoms with Crippen LogP contribution in [0, 0.1) is 11.3 Å². The van der Waals surface area contributed by atoms with E-state index >= 15 is 0 Å². The van der Waals surface area contributed by atoms with Crippen LogP contribution >= 0.6 is 0 Å². The van der Waals surface area contributed by atoms with Crippen molar-refractivity contribution in [2.75, 3.05) is 25.0 Å². The van der Waals surface area contributed by atoms with Gasteiger partial charge in [-0.1, -0.05) is 65.0 Å². The van der Waals surface area contributed by atoms with Crippen molar-refractivity contribution >= 4 is 11.7 Å². The van der Waals surface area contributed by atoms with Crippen LogP contribution < -0.4 is 4.90 Å². The van der Waals surface area contributed by atoms with Gasteiger partial charge >= 0.3 is 0 Å². The minimum atomic E-state index is 0.242. The van der Waals surface area contributed by atoms with Gasteiger partial charge in [0.25, 0.3) is 0 Å². The molecule has 0 saturated heterocycles. The van der Waals surface area contributed by atoms with Crippen molar-refractivity contribution in [3.63, 3.8) is 0 Å². The van der Waals surface area contributed by atoms with Crippen molar-refractivity contribution in [1.29, 1.82) is 0 Å². The number of hydrogen-bond acceptors (Lipinski definition) is 4. The zero-order chi connectivity index (χ0) is 22.6. The molecule has 168 valence electrons. The number of nitrogens with zero attached hydrogens (tertiary/aromatic N) is 4. The van der Waals surface area contributed by atoms with Gasteiger partial charge in [0.2, 0.25) is 5.91 Å². The number of carbonyl (C=O) groups excluding carboxylic acids is 1. The highest BCUT2D eigenvalue weighted by molar-refractivity contribution is 5.77. The van der Waals surface area contributed by atoms with E-state index in [-0.39, 0.29) is 11.3 Å². The van der Waals surface area contributed by atoms with Crippen LogP contribution in [0.1, 0.15) is 65.1 Å². The molecule has 0 aliphatic carbocycles. The molecule has 2 aromatic rings. The van der Waals surface area contributed by atoms with E-state index in [1.807, 2.05) is 23.1 Å². The summed E-state index contributed by atoms with van der Waals surface area (Å²) in [5.74, 6) is 2.37. The fourth-order valence-electron chi connectivity index (χ4n) is 4.63. The summed E-state index contributed by atoms with van der Waals surface area (Å²) in [6.07, 6.45) is 3.49. The lowest BCUT2D eigenvalue weighted by Crippen LogP contribution is -2.38. The molecule has 1 aromatic heterocycles. The number of rotatable bonds is 7. The third-order valence-corrected chi connectivity index (χ3v) is 5.83. The molecule has 0 saturated carbocycles. The molecule has 5 nitrogen and oxygen atoms in total. The molecule has 31 heavy (non-hydrogen) atoms. The Labute approximate surface area is 187 Å². The Morgan fingerprint density at radius 3 is 2.55 bits per heavy atom. The third-order valence-electron chi connectivity index (χ3n) is 5.83. The summed E-state index contributed by atoms with van der Waals surface area (Å²) >= 11 is 0. The van der Waals surface area contributed by atoms with E-state index in [4.69, 9.17) is 9.97 Å². The lowest BCUT2D eigenvalue weighted by atomic mass is 9.84. The first-order valence-electron chi connectivity index (χ1n) is 11.6. The average Bonchev–Trinajstić information content (AvgIpc) is 2.71. The van der Waals surface area contributed by atoms with Crippen LogP contribution in [0.3, 0.4) is 0 Å². The molecule has 1 aliphatic heterocycles. The zero-order valence-electron chi connectivity index (χ0n) is 20.1.